The molecule has 0 saturated carbocycles. The Labute approximate surface area is 92.4 Å². The summed E-state index contributed by atoms with van der Waals surface area (Å²) in [5.74, 6) is 0.572. The maximum Gasteiger partial charge on any atom is 0.0860 e. The molecule has 1 aliphatic heterocycles. The van der Waals surface area contributed by atoms with Crippen molar-refractivity contribution < 1.29 is 0 Å². The molecule has 0 unspecified atom stereocenters. The fourth-order valence-corrected chi connectivity index (χ4v) is 1.46. The molecule has 0 amide bonds. The summed E-state index contributed by atoms with van der Waals surface area (Å²) < 4.78 is 0. The molecule has 2 rings (SSSR count). The summed E-state index contributed by atoms with van der Waals surface area (Å²) >= 11 is 0. The minimum absolute atomic E-state index is 0.572. The summed E-state index contributed by atoms with van der Waals surface area (Å²) in [7, 11) is 0. The van der Waals surface area contributed by atoms with E-state index in [0.29, 0.717) is 5.92 Å². The molecule has 2 nitrogen and oxygen atoms in total. The van der Waals surface area contributed by atoms with Crippen LogP contribution in [0.1, 0.15) is 39.2 Å². The van der Waals surface area contributed by atoms with Crippen LogP contribution >= 0.6 is 0 Å². The first-order chi connectivity index (χ1) is 7.27. The average molecular weight is 204 g/mol. The quantitative estimate of drug-likeness (QED) is 0.735. The summed E-state index contributed by atoms with van der Waals surface area (Å²) in [4.78, 5) is 4.35. The van der Waals surface area contributed by atoms with Gasteiger partial charge in [-0.15, -0.1) is 0 Å². The zero-order valence-corrected chi connectivity index (χ0v) is 10.0. The first-order valence-electron chi connectivity index (χ1n) is 5.68. The summed E-state index contributed by atoms with van der Waals surface area (Å²) in [6.07, 6.45) is 1.91. The number of benzene rings is 1. The number of aliphatic imine (C=N–C) groups is 1. The summed E-state index contributed by atoms with van der Waals surface area (Å²) in [5.41, 5.74) is 3.56. The SMILES string of the molecule is CC.CC(C)c1ccc2c(c1)N=CCN2. The number of hydrogen-bond donors (Lipinski definition) is 1. The third-order valence-electron chi connectivity index (χ3n) is 2.30. The Morgan fingerprint density at radius 1 is 1.27 bits per heavy atom. The van der Waals surface area contributed by atoms with E-state index >= 15 is 0 Å². The zero-order valence-electron chi connectivity index (χ0n) is 10.0. The average Bonchev–Trinajstić information content (AvgIpc) is 2.31. The number of rotatable bonds is 1. The van der Waals surface area contributed by atoms with Gasteiger partial charge >= 0.3 is 0 Å². The molecule has 1 aromatic carbocycles. The van der Waals surface area contributed by atoms with Crippen molar-refractivity contribution in [2.75, 3.05) is 11.9 Å². The predicted molar refractivity (Wildman–Crippen MR) is 68.5 cm³/mol. The van der Waals surface area contributed by atoms with Crippen LogP contribution < -0.4 is 5.32 Å². The second kappa shape index (κ2) is 5.54. The molecule has 1 heterocycles. The molecule has 1 aliphatic rings. The number of anilines is 1. The van der Waals surface area contributed by atoms with E-state index in [0.717, 1.165) is 17.9 Å². The second-order valence-corrected chi connectivity index (χ2v) is 3.62. The maximum atomic E-state index is 4.35. The Morgan fingerprint density at radius 2 is 2.00 bits per heavy atom. The van der Waals surface area contributed by atoms with E-state index in [1.165, 1.54) is 5.56 Å². The van der Waals surface area contributed by atoms with Gasteiger partial charge in [0.1, 0.15) is 0 Å². The molecule has 1 aromatic rings. The second-order valence-electron chi connectivity index (χ2n) is 3.62. The van der Waals surface area contributed by atoms with Crippen LogP contribution in [0.2, 0.25) is 0 Å². The van der Waals surface area contributed by atoms with Gasteiger partial charge in [-0.1, -0.05) is 33.8 Å². The van der Waals surface area contributed by atoms with Crippen LogP contribution in [0, 0.1) is 0 Å². The molecule has 2 heteroatoms. The molecule has 0 bridgehead atoms. The summed E-state index contributed by atoms with van der Waals surface area (Å²) in [6, 6.07) is 6.43. The van der Waals surface area contributed by atoms with Crippen molar-refractivity contribution in [3.63, 3.8) is 0 Å². The lowest BCUT2D eigenvalue weighted by Crippen LogP contribution is -2.06. The molecule has 82 valence electrons. The van der Waals surface area contributed by atoms with Crippen molar-refractivity contribution in [3.05, 3.63) is 23.8 Å². The van der Waals surface area contributed by atoms with Crippen molar-refractivity contribution in [1.82, 2.24) is 0 Å². The monoisotopic (exact) mass is 204 g/mol. The van der Waals surface area contributed by atoms with E-state index in [1.807, 2.05) is 20.1 Å². The fourth-order valence-electron chi connectivity index (χ4n) is 1.46. The summed E-state index contributed by atoms with van der Waals surface area (Å²) in [6.45, 7) is 9.23. The topological polar surface area (TPSA) is 24.4 Å². The Kier molecular flexibility index (Phi) is 4.35. The van der Waals surface area contributed by atoms with Gasteiger partial charge in [0.25, 0.3) is 0 Å². The molecule has 0 aliphatic carbocycles. The van der Waals surface area contributed by atoms with Crippen molar-refractivity contribution in [1.29, 1.82) is 0 Å². The molecule has 0 fully saturated rings. The first-order valence-corrected chi connectivity index (χ1v) is 5.68. The van der Waals surface area contributed by atoms with Crippen LogP contribution in [0.5, 0.6) is 0 Å². The lowest BCUT2D eigenvalue weighted by atomic mass is 10.0. The van der Waals surface area contributed by atoms with Crippen LogP contribution in [0.3, 0.4) is 0 Å². The molecule has 0 spiro atoms. The standard InChI is InChI=1S/C11H14N2.C2H6/c1-8(2)9-3-4-10-11(7-9)13-6-5-12-10;1-2/h3-4,6-8,12H,5H2,1-2H3;1-2H3. The molecular formula is C13H20N2. The minimum atomic E-state index is 0.572. The number of nitrogens with zero attached hydrogens (tertiary/aromatic N) is 1. The lowest BCUT2D eigenvalue weighted by molar-refractivity contribution is 0.867. The highest BCUT2D eigenvalue weighted by atomic mass is 15.0. The van der Waals surface area contributed by atoms with Gasteiger partial charge in [-0.25, -0.2) is 0 Å². The van der Waals surface area contributed by atoms with Gasteiger partial charge < -0.3 is 5.32 Å². The van der Waals surface area contributed by atoms with E-state index in [2.05, 4.69) is 42.4 Å². The van der Waals surface area contributed by atoms with Crippen LogP contribution in [0.15, 0.2) is 23.2 Å². The van der Waals surface area contributed by atoms with Crippen LogP contribution in [0.25, 0.3) is 0 Å². The van der Waals surface area contributed by atoms with Gasteiger partial charge in [-0.05, 0) is 23.6 Å². The number of fused-ring (bicyclic) bond motifs is 1. The minimum Gasteiger partial charge on any atom is -0.378 e. The van der Waals surface area contributed by atoms with Gasteiger partial charge in [0, 0.05) is 6.21 Å². The van der Waals surface area contributed by atoms with Crippen molar-refractivity contribution in [2.45, 2.75) is 33.6 Å². The van der Waals surface area contributed by atoms with Gasteiger partial charge in [0.05, 0.1) is 17.9 Å². The van der Waals surface area contributed by atoms with E-state index in [9.17, 15) is 0 Å². The molecule has 0 radical (unpaired) electrons. The normalized spacial score (nSPS) is 12.6. The number of hydrogen-bond acceptors (Lipinski definition) is 2. The van der Waals surface area contributed by atoms with Gasteiger partial charge in [-0.3, -0.25) is 4.99 Å². The van der Waals surface area contributed by atoms with Crippen LogP contribution in [-0.2, 0) is 0 Å². The van der Waals surface area contributed by atoms with Crippen molar-refractivity contribution in [3.8, 4) is 0 Å². The fraction of sp³-hybridized carbons (Fsp3) is 0.462. The van der Waals surface area contributed by atoms with E-state index in [-0.39, 0.29) is 0 Å². The Hall–Kier alpha value is -1.31. The maximum absolute atomic E-state index is 4.35. The highest BCUT2D eigenvalue weighted by molar-refractivity contribution is 5.80. The van der Waals surface area contributed by atoms with Crippen LogP contribution in [-0.4, -0.2) is 12.8 Å². The largest absolute Gasteiger partial charge is 0.378 e. The lowest BCUT2D eigenvalue weighted by Gasteiger charge is -2.14. The highest BCUT2D eigenvalue weighted by Gasteiger charge is 2.06. The highest BCUT2D eigenvalue weighted by Crippen LogP contribution is 2.30. The molecular weight excluding hydrogens is 184 g/mol. The Balaban J connectivity index is 0.000000531. The third-order valence-corrected chi connectivity index (χ3v) is 2.30. The van der Waals surface area contributed by atoms with E-state index < -0.39 is 0 Å². The number of nitrogens with one attached hydrogen (secondary N) is 1. The molecule has 0 aromatic heterocycles. The predicted octanol–water partition coefficient (Wildman–Crippen LogP) is 3.96. The third kappa shape index (κ3) is 2.82. The van der Waals surface area contributed by atoms with E-state index in [4.69, 9.17) is 0 Å². The first kappa shape index (κ1) is 11.8. The van der Waals surface area contributed by atoms with Crippen LogP contribution in [0.4, 0.5) is 11.4 Å². The molecule has 1 N–H and O–H groups in total. The smallest absolute Gasteiger partial charge is 0.0860 e. The molecule has 15 heavy (non-hydrogen) atoms. The van der Waals surface area contributed by atoms with Crippen molar-refractivity contribution in [2.24, 2.45) is 4.99 Å². The summed E-state index contributed by atoms with van der Waals surface area (Å²) in [5, 5.41) is 3.28. The van der Waals surface area contributed by atoms with E-state index in [1.54, 1.807) is 0 Å². The Bertz CT molecular complexity index is 340. The van der Waals surface area contributed by atoms with Gasteiger partial charge in [-0.2, -0.15) is 0 Å². The Morgan fingerprint density at radius 3 is 2.67 bits per heavy atom. The zero-order chi connectivity index (χ0) is 11.3. The molecule has 0 saturated heterocycles. The van der Waals surface area contributed by atoms with Gasteiger partial charge in [0.2, 0.25) is 0 Å². The van der Waals surface area contributed by atoms with Gasteiger partial charge in [0.15, 0.2) is 0 Å². The van der Waals surface area contributed by atoms with Crippen molar-refractivity contribution >= 4 is 17.6 Å². The molecule has 0 atom stereocenters.